The van der Waals surface area contributed by atoms with E-state index in [1.165, 1.54) is 46.9 Å². The zero-order valence-electron chi connectivity index (χ0n) is 33.3. The van der Waals surface area contributed by atoms with E-state index in [2.05, 4.69) is 12.1 Å². The summed E-state index contributed by atoms with van der Waals surface area (Å²) >= 11 is 31.4. The zero-order chi connectivity index (χ0) is 45.3. The lowest BCUT2D eigenvalue weighted by Gasteiger charge is -2.31. The molecule has 10 rings (SSSR count). The summed E-state index contributed by atoms with van der Waals surface area (Å²) in [5.41, 5.74) is 2.26. The third-order valence-electron chi connectivity index (χ3n) is 11.3. The summed E-state index contributed by atoms with van der Waals surface area (Å²) in [6.45, 7) is 8.04. The first kappa shape index (κ1) is 42.2. The maximum Gasteiger partial charge on any atom is 0.194 e. The van der Waals surface area contributed by atoms with Gasteiger partial charge in [-0.2, -0.15) is 21.0 Å². The molecular weight excluding hydrogens is 967 g/mol. The van der Waals surface area contributed by atoms with Crippen LogP contribution in [-0.2, 0) is 11.2 Å². The van der Waals surface area contributed by atoms with Gasteiger partial charge in [0, 0.05) is 64.1 Å². The topological polar surface area (TPSA) is 148 Å². The lowest BCUT2D eigenvalue weighted by atomic mass is 9.94. The number of benzene rings is 2. The van der Waals surface area contributed by atoms with E-state index in [0.717, 1.165) is 40.4 Å². The summed E-state index contributed by atoms with van der Waals surface area (Å²) in [6.07, 6.45) is 3.38. The molecule has 2 aromatic carbocycles. The maximum absolute atomic E-state index is 13.8. The van der Waals surface area contributed by atoms with Crippen LogP contribution >= 0.6 is 91.8 Å². The molecule has 4 aliphatic rings. The number of hydrogen-bond acceptors (Lipinski definition) is 12. The van der Waals surface area contributed by atoms with Crippen molar-refractivity contribution in [3.05, 3.63) is 134 Å². The highest BCUT2D eigenvalue weighted by Gasteiger charge is 2.41. The number of ether oxygens (including phenoxy) is 2. The van der Waals surface area contributed by atoms with Crippen molar-refractivity contribution in [3.63, 3.8) is 0 Å². The Bertz CT molecular complexity index is 3280. The smallest absolute Gasteiger partial charge is 0.194 e. The van der Waals surface area contributed by atoms with E-state index < -0.39 is 11.2 Å². The number of nitriles is 4. The minimum atomic E-state index is -0.712. The first-order chi connectivity index (χ1) is 30.5. The van der Waals surface area contributed by atoms with E-state index in [9.17, 15) is 30.6 Å². The number of halogens is 4. The molecule has 0 saturated carbocycles. The van der Waals surface area contributed by atoms with Crippen molar-refractivity contribution >= 4 is 127 Å². The second-order valence-corrected chi connectivity index (χ2v) is 21.9. The molecule has 6 heterocycles. The van der Waals surface area contributed by atoms with Crippen LogP contribution in [0.3, 0.4) is 0 Å². The number of allylic oxidation sites excluding steroid dienone is 6. The highest BCUT2D eigenvalue weighted by atomic mass is 35.5. The van der Waals surface area contributed by atoms with Gasteiger partial charge in [-0.15, -0.1) is 45.3 Å². The number of rotatable bonds is 3. The molecule has 0 amide bonds. The van der Waals surface area contributed by atoms with Crippen LogP contribution in [0.4, 0.5) is 0 Å². The summed E-state index contributed by atoms with van der Waals surface area (Å²) in [4.78, 5) is 34.9. The molecule has 16 heteroatoms. The van der Waals surface area contributed by atoms with Crippen molar-refractivity contribution in [2.75, 3.05) is 0 Å². The SMILES string of the molecule is CC1(C)Oc2cc(/C=C3\C(=O)c4cc(Cl)c(Cl)cc4C3=C(C#N)C#N)sc2-c2sc(-c3cc4c(s3)-c3sc(/C=C5\C(=O)c6cc(Cl)c(Cl)cc6C5=C(C#N)C#N)cc3OC4(C)C)cc21. The van der Waals surface area contributed by atoms with Gasteiger partial charge in [0.05, 0.1) is 39.6 Å². The van der Waals surface area contributed by atoms with E-state index in [4.69, 9.17) is 55.9 Å². The normalized spacial score (nSPS) is 16.9. The van der Waals surface area contributed by atoms with Gasteiger partial charge in [0.1, 0.15) is 58.1 Å². The number of thiophene rings is 4. The Labute approximate surface area is 401 Å². The van der Waals surface area contributed by atoms with Crippen molar-refractivity contribution in [1.82, 2.24) is 0 Å². The number of carbonyl (C=O) groups is 2. The van der Waals surface area contributed by atoms with Crippen LogP contribution in [-0.4, -0.2) is 11.6 Å². The van der Waals surface area contributed by atoms with Gasteiger partial charge in [-0.1, -0.05) is 46.4 Å². The molecule has 0 spiro atoms. The molecule has 8 nitrogen and oxygen atoms in total. The molecule has 2 aliphatic carbocycles. The van der Waals surface area contributed by atoms with E-state index in [1.54, 1.807) is 34.8 Å². The van der Waals surface area contributed by atoms with Crippen LogP contribution in [0.5, 0.6) is 11.5 Å². The Morgan fingerprint density at radius 2 is 0.859 bits per heavy atom. The minimum absolute atomic E-state index is 0.190. The van der Waals surface area contributed by atoms with Crippen LogP contribution in [0.15, 0.2) is 70.8 Å². The summed E-state index contributed by atoms with van der Waals surface area (Å²) in [6, 6.07) is 21.8. The molecule has 0 N–H and O–H groups in total. The zero-order valence-corrected chi connectivity index (χ0v) is 39.6. The van der Waals surface area contributed by atoms with Crippen molar-refractivity contribution in [3.8, 4) is 65.0 Å². The molecule has 0 atom stereocenters. The molecular formula is C48H22Cl4N4O4S4. The Hall–Kier alpha value is -5.74. The number of Topliss-reactive ketones (excluding diaryl/α,β-unsaturated/α-hetero) is 2. The minimum Gasteiger partial charge on any atom is -0.482 e. The van der Waals surface area contributed by atoms with E-state index in [-0.39, 0.29) is 76.2 Å². The fraction of sp³-hybridized carbons (Fsp3) is 0.125. The van der Waals surface area contributed by atoms with E-state index >= 15 is 0 Å². The first-order valence-electron chi connectivity index (χ1n) is 19.0. The Balaban J connectivity index is 1.04. The number of nitrogens with zero attached hydrogens (tertiary/aromatic N) is 4. The van der Waals surface area contributed by atoms with Gasteiger partial charge in [0.25, 0.3) is 0 Å². The van der Waals surface area contributed by atoms with Gasteiger partial charge in [-0.05, 0) is 99.5 Å². The van der Waals surface area contributed by atoms with Crippen LogP contribution in [0, 0.1) is 45.3 Å². The largest absolute Gasteiger partial charge is 0.482 e. The average molecular weight is 989 g/mol. The Kier molecular flexibility index (Phi) is 9.84. The predicted octanol–water partition coefficient (Wildman–Crippen LogP) is 15.0. The maximum atomic E-state index is 13.8. The first-order valence-corrected chi connectivity index (χ1v) is 23.8. The molecule has 0 radical (unpaired) electrons. The fourth-order valence-electron chi connectivity index (χ4n) is 8.37. The molecule has 6 aromatic rings. The predicted molar refractivity (Wildman–Crippen MR) is 255 cm³/mol. The fourth-order valence-corrected chi connectivity index (χ4v) is 14.1. The van der Waals surface area contributed by atoms with Crippen LogP contribution in [0.25, 0.3) is 52.6 Å². The Morgan fingerprint density at radius 3 is 1.20 bits per heavy atom. The summed E-state index contributed by atoms with van der Waals surface area (Å²) in [5, 5.41) is 40.3. The van der Waals surface area contributed by atoms with Crippen LogP contribution in [0.1, 0.15) is 80.4 Å². The summed E-state index contributed by atoms with van der Waals surface area (Å²) in [5.74, 6) is 0.563. The average Bonchev–Trinajstić information content (AvgIpc) is 4.10. The molecule has 2 aliphatic heterocycles. The Morgan fingerprint density at radius 1 is 0.516 bits per heavy atom. The standard InChI is InChI=1S/C48H22Cl4N4O4S4/c1-47(2)29-13-37(63-43(29)45-35(59-47)7-21(61-45)5-27-39(19(15-53)16-54)23-9-31(49)33(51)11-25(23)41(27)57)38-14-30-44(64-38)46-36(60-48(30,3)4)8-22(62-46)6-28-40(20(17-55)18-56)24-10-32(50)34(52)12-26(24)42(28)58/h5-14H,1-4H3/b27-5-,28-6-. The van der Waals surface area contributed by atoms with Crippen molar-refractivity contribution in [2.24, 2.45) is 0 Å². The highest BCUT2D eigenvalue weighted by molar-refractivity contribution is 7.29. The molecule has 0 saturated heterocycles. The van der Waals surface area contributed by atoms with E-state index in [0.29, 0.717) is 32.4 Å². The number of fused-ring (bicyclic) bond motifs is 8. The summed E-state index contributed by atoms with van der Waals surface area (Å²) < 4.78 is 13.3. The number of hydrogen-bond donors (Lipinski definition) is 0. The lowest BCUT2D eigenvalue weighted by molar-refractivity contribution is 0.103. The second-order valence-electron chi connectivity index (χ2n) is 16.0. The van der Waals surface area contributed by atoms with Crippen molar-refractivity contribution in [1.29, 1.82) is 21.0 Å². The number of ketones is 2. The van der Waals surface area contributed by atoms with E-state index in [1.807, 2.05) is 64.1 Å². The third kappa shape index (κ3) is 6.37. The lowest BCUT2D eigenvalue weighted by Crippen LogP contribution is -2.27. The quantitative estimate of drug-likeness (QED) is 0.126. The molecule has 310 valence electrons. The second kappa shape index (κ2) is 14.9. The highest BCUT2D eigenvalue weighted by Crippen LogP contribution is 2.59. The molecule has 64 heavy (non-hydrogen) atoms. The molecule has 0 bridgehead atoms. The van der Waals surface area contributed by atoms with Gasteiger partial charge >= 0.3 is 0 Å². The van der Waals surface area contributed by atoms with Gasteiger partial charge < -0.3 is 9.47 Å². The molecule has 0 unspecified atom stereocenters. The molecule has 0 fully saturated rings. The monoisotopic (exact) mass is 986 g/mol. The van der Waals surface area contributed by atoms with Crippen molar-refractivity contribution in [2.45, 2.75) is 38.9 Å². The van der Waals surface area contributed by atoms with Gasteiger partial charge in [-0.3, -0.25) is 9.59 Å². The van der Waals surface area contributed by atoms with Crippen LogP contribution in [0.2, 0.25) is 20.1 Å². The third-order valence-corrected chi connectivity index (χ3v) is 17.6. The van der Waals surface area contributed by atoms with Gasteiger partial charge in [0.15, 0.2) is 11.6 Å². The van der Waals surface area contributed by atoms with Crippen LogP contribution < -0.4 is 9.47 Å². The number of carbonyl (C=O) groups excluding carboxylic acids is 2. The van der Waals surface area contributed by atoms with Crippen molar-refractivity contribution < 1.29 is 19.1 Å². The molecule has 4 aromatic heterocycles. The van der Waals surface area contributed by atoms with Gasteiger partial charge in [0.2, 0.25) is 0 Å². The van der Waals surface area contributed by atoms with Gasteiger partial charge in [-0.25, -0.2) is 0 Å². The summed E-state index contributed by atoms with van der Waals surface area (Å²) in [7, 11) is 0.